The number of hydrogen-bond donors (Lipinski definition) is 13. The Kier molecular flexibility index (Phi) is 32.3. The number of anilines is 2. The molecule has 1 aliphatic heterocycles. The van der Waals surface area contributed by atoms with Crippen molar-refractivity contribution in [2.75, 3.05) is 129 Å². The maximum atomic E-state index is 14.5. The van der Waals surface area contributed by atoms with Crippen molar-refractivity contribution < 1.29 is 63.5 Å². The van der Waals surface area contributed by atoms with Crippen molar-refractivity contribution in [3.05, 3.63) is 117 Å². The molecule has 1 fully saturated rings. The van der Waals surface area contributed by atoms with Crippen LogP contribution in [-0.2, 0) is 40.1 Å². The van der Waals surface area contributed by atoms with E-state index < -0.39 is 64.7 Å². The number of phenolic OH excluding ortho intramolecular Hbond substituents is 1. The standard InChI is InChI=1S/C60H86N14O15/c1-4-6-7-12-41(3)52(58(87)69-46(57(86)68-36-42-16-18-44(76)19-17-42)15-11-21-66-59(61)70-60(88)67-25-23-63-48(77)5-2)43-13-10-14-45(35-43)89-34-9-8-20-64-53-54(56(85)55(53)84)65-24-22-62-47(40-75)74-32-30-72(38-50(80)81)28-26-71(37-49(78)79)27-29-73(31-33-74)39-51(82)83/h4,6-7,10,12-14,16-19,35,40,46-47,52,62,64-65,76H,3,5,8-9,11,15,20-34,36-39H2,1-2H3,(H,63,77)(H,68,86)(H,69,87)(H,78,79)(H,80,81)(H,82,83)(H4,61,66,67,70,88)/b6-4-,12-7-/t46-,47?,52+/m1/s1. The van der Waals surface area contributed by atoms with Gasteiger partial charge in [0, 0.05) is 105 Å². The van der Waals surface area contributed by atoms with Crippen LogP contribution in [0.1, 0.15) is 63.0 Å². The molecule has 3 aromatic rings. The number of aromatic hydroxyl groups is 1. The maximum absolute atomic E-state index is 14.5. The molecule has 89 heavy (non-hydrogen) atoms. The Morgan fingerprint density at radius 2 is 1.30 bits per heavy atom. The summed E-state index contributed by atoms with van der Waals surface area (Å²) in [6.07, 6.45) is 8.55. The number of phenols is 1. The lowest BCUT2D eigenvalue weighted by Crippen LogP contribution is -2.54. The van der Waals surface area contributed by atoms with E-state index in [0.29, 0.717) is 61.0 Å². The third kappa shape index (κ3) is 27.3. The lowest BCUT2D eigenvalue weighted by Gasteiger charge is -2.35. The number of carboxylic acids is 3. The van der Waals surface area contributed by atoms with Gasteiger partial charge in [-0.3, -0.25) is 63.3 Å². The number of aliphatic imine (C=N–C) groups is 1. The number of amides is 5. The van der Waals surface area contributed by atoms with E-state index in [9.17, 15) is 68.4 Å². The summed E-state index contributed by atoms with van der Waals surface area (Å²) in [4.78, 5) is 135. The van der Waals surface area contributed by atoms with E-state index in [1.165, 1.54) is 12.1 Å². The van der Waals surface area contributed by atoms with Crippen LogP contribution in [-0.4, -0.2) is 224 Å². The first-order valence-electron chi connectivity index (χ1n) is 29.5. The van der Waals surface area contributed by atoms with Crippen molar-refractivity contribution in [1.29, 1.82) is 0 Å². The summed E-state index contributed by atoms with van der Waals surface area (Å²) in [7, 11) is 0. The lowest BCUT2D eigenvalue weighted by atomic mass is 9.90. The van der Waals surface area contributed by atoms with Gasteiger partial charge in [0.1, 0.15) is 35.1 Å². The number of aliphatic carboxylic acids is 3. The predicted octanol–water partition coefficient (Wildman–Crippen LogP) is -0.245. The second-order valence-electron chi connectivity index (χ2n) is 20.8. The van der Waals surface area contributed by atoms with Crippen molar-refractivity contribution in [2.45, 2.75) is 70.6 Å². The van der Waals surface area contributed by atoms with Crippen LogP contribution in [0.3, 0.4) is 0 Å². The zero-order valence-electron chi connectivity index (χ0n) is 50.5. The molecule has 486 valence electrons. The van der Waals surface area contributed by atoms with Gasteiger partial charge in [-0.1, -0.05) is 62.1 Å². The summed E-state index contributed by atoms with van der Waals surface area (Å²) >= 11 is 0. The van der Waals surface area contributed by atoms with E-state index in [-0.39, 0.29) is 153 Å². The molecule has 1 saturated heterocycles. The Morgan fingerprint density at radius 1 is 0.708 bits per heavy atom. The molecule has 3 aromatic carbocycles. The van der Waals surface area contributed by atoms with Gasteiger partial charge in [-0.15, -0.1) is 0 Å². The molecule has 3 atom stereocenters. The molecule has 0 aromatic heterocycles. The fourth-order valence-electron chi connectivity index (χ4n) is 9.27. The van der Waals surface area contributed by atoms with Crippen LogP contribution in [0, 0.1) is 0 Å². The molecule has 29 nitrogen and oxygen atoms in total. The summed E-state index contributed by atoms with van der Waals surface area (Å²) in [5, 5.41) is 61.3. The van der Waals surface area contributed by atoms with Gasteiger partial charge in [-0.2, -0.15) is 4.99 Å². The maximum Gasteiger partial charge on any atom is 0.344 e. The van der Waals surface area contributed by atoms with E-state index in [4.69, 9.17) is 10.5 Å². The molecule has 5 amide bonds. The van der Waals surface area contributed by atoms with E-state index in [2.05, 4.69) is 54.1 Å². The van der Waals surface area contributed by atoms with Crippen molar-refractivity contribution in [3.8, 4) is 11.5 Å². The molecule has 1 aliphatic rings. The van der Waals surface area contributed by atoms with Gasteiger partial charge in [0.15, 0.2) is 12.2 Å². The van der Waals surface area contributed by atoms with Crippen molar-refractivity contribution in [1.82, 2.24) is 51.5 Å². The molecule has 0 radical (unpaired) electrons. The third-order valence-electron chi connectivity index (χ3n) is 14.0. The molecular formula is C60H86N14O15. The number of aldehydes is 1. The van der Waals surface area contributed by atoms with Crippen LogP contribution in [0.15, 0.2) is 99.6 Å². The monoisotopic (exact) mass is 1240 g/mol. The first kappa shape index (κ1) is 72.4. The summed E-state index contributed by atoms with van der Waals surface area (Å²) in [6.45, 7) is 9.90. The highest BCUT2D eigenvalue weighted by atomic mass is 16.5. The number of nitrogens with zero attached hydrogens (tertiary/aromatic N) is 5. The number of carboxylic acid groups (broad SMARTS) is 3. The Hall–Kier alpha value is -9.03. The quantitative estimate of drug-likeness (QED) is 0.00884. The number of unbranched alkanes of at least 4 members (excludes halogenated alkanes) is 1. The summed E-state index contributed by atoms with van der Waals surface area (Å²) < 4.78 is 6.12. The van der Waals surface area contributed by atoms with E-state index in [0.717, 1.165) is 0 Å². The average Bonchev–Trinajstić information content (AvgIpc) is 1.89. The molecule has 0 aliphatic carbocycles. The van der Waals surface area contributed by atoms with Gasteiger partial charge in [0.2, 0.25) is 17.7 Å². The van der Waals surface area contributed by atoms with Gasteiger partial charge in [-0.05, 0) is 73.6 Å². The minimum Gasteiger partial charge on any atom is -0.508 e. The van der Waals surface area contributed by atoms with Crippen molar-refractivity contribution in [3.63, 3.8) is 0 Å². The minimum absolute atomic E-state index is 0.0574. The van der Waals surface area contributed by atoms with Crippen LogP contribution in [0.5, 0.6) is 11.5 Å². The fraction of sp³-hybridized carbons (Fsp3) is 0.483. The van der Waals surface area contributed by atoms with E-state index in [1.54, 1.807) is 81.1 Å². The summed E-state index contributed by atoms with van der Waals surface area (Å²) in [5.74, 6) is -5.08. The molecule has 4 rings (SSSR count). The Bertz CT molecular complexity index is 2950. The zero-order chi connectivity index (χ0) is 65.1. The van der Waals surface area contributed by atoms with Crippen LogP contribution in [0.2, 0.25) is 0 Å². The van der Waals surface area contributed by atoms with Gasteiger partial charge in [0.05, 0.1) is 32.2 Å². The number of ether oxygens (including phenoxy) is 1. The zero-order valence-corrected chi connectivity index (χ0v) is 50.5. The number of carbonyl (C=O) groups is 8. The van der Waals surface area contributed by atoms with Gasteiger partial charge in [-0.25, -0.2) is 4.79 Å². The molecule has 0 saturated carbocycles. The largest absolute Gasteiger partial charge is 0.508 e. The van der Waals surface area contributed by atoms with Crippen LogP contribution in [0.25, 0.3) is 0 Å². The number of carbonyl (C=O) groups excluding carboxylic acids is 5. The number of guanidine groups is 1. The normalized spacial score (nSPS) is 15.2. The van der Waals surface area contributed by atoms with Crippen LogP contribution < -0.4 is 63.9 Å². The first-order valence-corrected chi connectivity index (χ1v) is 29.5. The Morgan fingerprint density at radius 3 is 1.89 bits per heavy atom. The van der Waals surface area contributed by atoms with Crippen molar-refractivity contribution >= 4 is 65.3 Å². The van der Waals surface area contributed by atoms with Gasteiger partial charge < -0.3 is 72.9 Å². The SMILES string of the molecule is C=C(/C=C\C=C/C)[C@H](C(=O)N[C@H](CCCN/C(N)=N\C(=O)NCCNC(=O)CC)C(=O)NCc1ccc(O)cc1)c1cccc(OCCCCNc2c(NCCNC(C=O)N3CCN(CC(=O)O)CCN(CC(=O)O)CCN(CC(=O)O)CC3)c(=O)c2=O)c1. The number of allylic oxidation sites excluding steroid dienone is 4. The second kappa shape index (κ2) is 39.7. The minimum atomic E-state index is -1.08. The fourth-order valence-corrected chi connectivity index (χ4v) is 9.27. The predicted molar refractivity (Wildman–Crippen MR) is 334 cm³/mol. The van der Waals surface area contributed by atoms with E-state index >= 15 is 0 Å². The lowest BCUT2D eigenvalue weighted by molar-refractivity contribution is -0.140. The molecular weight excluding hydrogens is 1160 g/mol. The smallest absolute Gasteiger partial charge is 0.344 e. The van der Waals surface area contributed by atoms with Gasteiger partial charge >= 0.3 is 23.9 Å². The second-order valence-corrected chi connectivity index (χ2v) is 20.8. The summed E-state index contributed by atoms with van der Waals surface area (Å²) in [5.41, 5.74) is 6.37. The number of nitrogens with one attached hydrogen (secondary N) is 8. The Labute approximate surface area is 516 Å². The molecule has 1 unspecified atom stereocenters. The number of nitrogens with two attached hydrogens (primary N) is 1. The summed E-state index contributed by atoms with van der Waals surface area (Å²) in [6, 6.07) is 11.4. The number of rotatable bonds is 37. The van der Waals surface area contributed by atoms with E-state index in [1.807, 2.05) is 13.0 Å². The number of hydrogen-bond acceptors (Lipinski definition) is 19. The molecule has 14 N–H and O–H groups in total. The van der Waals surface area contributed by atoms with Crippen LogP contribution in [0.4, 0.5) is 16.2 Å². The average molecular weight is 1240 g/mol. The highest BCUT2D eigenvalue weighted by Crippen LogP contribution is 2.28. The highest BCUT2D eigenvalue weighted by Gasteiger charge is 2.29. The molecule has 0 bridgehead atoms. The molecule has 1 heterocycles. The van der Waals surface area contributed by atoms with Crippen molar-refractivity contribution in [2.24, 2.45) is 10.7 Å². The number of urea groups is 1. The van der Waals surface area contributed by atoms with Gasteiger partial charge in [0.25, 0.3) is 10.9 Å². The molecule has 29 heteroatoms. The first-order chi connectivity index (χ1) is 42.7. The Balaban J connectivity index is 1.34. The van der Waals surface area contributed by atoms with Crippen LogP contribution >= 0.6 is 0 Å². The third-order valence-corrected chi connectivity index (χ3v) is 14.0. The number of benzene rings is 2. The topological polar surface area (TPSA) is 408 Å². The highest BCUT2D eigenvalue weighted by molar-refractivity contribution is 5.93. The molecule has 0 spiro atoms.